The Morgan fingerprint density at radius 3 is 2.23 bits per heavy atom. The van der Waals surface area contributed by atoms with E-state index >= 15 is 0 Å². The van der Waals surface area contributed by atoms with Crippen LogP contribution >= 0.6 is 0 Å². The van der Waals surface area contributed by atoms with E-state index in [9.17, 15) is 14.7 Å². The molecule has 116 valence electrons. The van der Waals surface area contributed by atoms with E-state index in [1.54, 1.807) is 38.1 Å². The second-order valence-electron chi connectivity index (χ2n) is 6.46. The molecule has 2 heterocycles. The lowest BCUT2D eigenvalue weighted by Gasteiger charge is -2.27. The molecule has 1 aromatic carbocycles. The summed E-state index contributed by atoms with van der Waals surface area (Å²) < 4.78 is 11.5. The summed E-state index contributed by atoms with van der Waals surface area (Å²) in [6.45, 7) is 3.52. The Hall–Kier alpha value is -1.76. The lowest BCUT2D eigenvalue weighted by atomic mass is 10.1. The number of hydrogen-bond donors (Lipinski definition) is 1. The van der Waals surface area contributed by atoms with Crippen LogP contribution in [0.2, 0.25) is 0 Å². The van der Waals surface area contributed by atoms with Crippen LogP contribution in [-0.2, 0) is 9.47 Å². The molecule has 2 aliphatic heterocycles. The van der Waals surface area contributed by atoms with Gasteiger partial charge < -0.3 is 14.6 Å². The zero-order valence-corrected chi connectivity index (χ0v) is 12.4. The van der Waals surface area contributed by atoms with Crippen LogP contribution in [0.4, 0.5) is 0 Å². The topological polar surface area (TPSA) is 76.1 Å². The first-order valence-corrected chi connectivity index (χ1v) is 7.40. The van der Waals surface area contributed by atoms with E-state index < -0.39 is 30.1 Å². The molecule has 0 aromatic heterocycles. The lowest BCUT2D eigenvalue weighted by Crippen LogP contribution is -2.46. The number of carbonyl (C=O) groups excluding carboxylic acids is 2. The molecule has 0 spiro atoms. The van der Waals surface area contributed by atoms with Crippen LogP contribution in [0.3, 0.4) is 0 Å². The van der Waals surface area contributed by atoms with Crippen LogP contribution in [0.25, 0.3) is 0 Å². The molecular formula is C16H17NO5. The first-order chi connectivity index (χ1) is 10.4. The summed E-state index contributed by atoms with van der Waals surface area (Å²) in [4.78, 5) is 26.4. The average Bonchev–Trinajstić information content (AvgIpc) is 3.02. The normalized spacial score (nSPS) is 35.9. The number of rotatable bonds is 1. The molecule has 2 amide bonds. The number of benzene rings is 1. The second kappa shape index (κ2) is 4.38. The van der Waals surface area contributed by atoms with Gasteiger partial charge in [-0.15, -0.1) is 0 Å². The molecular weight excluding hydrogens is 286 g/mol. The summed E-state index contributed by atoms with van der Waals surface area (Å²) >= 11 is 0. The van der Waals surface area contributed by atoms with Crippen LogP contribution in [0, 0.1) is 0 Å². The van der Waals surface area contributed by atoms with Gasteiger partial charge >= 0.3 is 0 Å². The van der Waals surface area contributed by atoms with Gasteiger partial charge in [-0.3, -0.25) is 14.5 Å². The molecule has 1 N–H and O–H groups in total. The van der Waals surface area contributed by atoms with Gasteiger partial charge in [0.05, 0.1) is 23.3 Å². The first kappa shape index (κ1) is 13.9. The quantitative estimate of drug-likeness (QED) is 0.781. The van der Waals surface area contributed by atoms with Gasteiger partial charge in [0, 0.05) is 0 Å². The van der Waals surface area contributed by atoms with Crippen LogP contribution in [0.1, 0.15) is 41.0 Å². The summed E-state index contributed by atoms with van der Waals surface area (Å²) in [5, 5.41) is 10.2. The van der Waals surface area contributed by atoms with Gasteiger partial charge in [0.1, 0.15) is 12.2 Å². The fourth-order valence-electron chi connectivity index (χ4n) is 3.69. The number of amides is 2. The summed E-state index contributed by atoms with van der Waals surface area (Å²) in [5.74, 6) is -1.48. The monoisotopic (exact) mass is 303 g/mol. The third-order valence-electron chi connectivity index (χ3n) is 4.56. The highest BCUT2D eigenvalue weighted by Gasteiger charge is 2.58. The zero-order chi connectivity index (χ0) is 15.6. The van der Waals surface area contributed by atoms with E-state index in [1.807, 2.05) is 0 Å². The van der Waals surface area contributed by atoms with E-state index in [2.05, 4.69) is 0 Å². The zero-order valence-electron chi connectivity index (χ0n) is 12.4. The van der Waals surface area contributed by atoms with Gasteiger partial charge in [0.15, 0.2) is 5.79 Å². The lowest BCUT2D eigenvalue weighted by molar-refractivity contribution is -0.166. The van der Waals surface area contributed by atoms with Crippen molar-refractivity contribution >= 4 is 11.8 Å². The minimum Gasteiger partial charge on any atom is -0.390 e. The second-order valence-corrected chi connectivity index (χ2v) is 6.46. The molecule has 0 radical (unpaired) electrons. The van der Waals surface area contributed by atoms with Gasteiger partial charge in [-0.05, 0) is 32.4 Å². The van der Waals surface area contributed by atoms with E-state index in [4.69, 9.17) is 9.47 Å². The summed E-state index contributed by atoms with van der Waals surface area (Å²) in [6.07, 6.45) is -1.48. The number of fused-ring (bicyclic) bond motifs is 2. The molecule has 6 nitrogen and oxygen atoms in total. The molecule has 6 heteroatoms. The van der Waals surface area contributed by atoms with Gasteiger partial charge in [-0.25, -0.2) is 0 Å². The molecule has 2 fully saturated rings. The Balaban J connectivity index is 1.69. The van der Waals surface area contributed by atoms with Crippen molar-refractivity contribution in [2.24, 2.45) is 0 Å². The van der Waals surface area contributed by atoms with Crippen LogP contribution in [0.15, 0.2) is 24.3 Å². The third kappa shape index (κ3) is 1.78. The highest BCUT2D eigenvalue weighted by Crippen LogP contribution is 2.42. The van der Waals surface area contributed by atoms with Crippen molar-refractivity contribution in [2.75, 3.05) is 0 Å². The van der Waals surface area contributed by atoms with E-state index in [-0.39, 0.29) is 18.2 Å². The molecule has 4 rings (SSSR count). The Kier molecular flexibility index (Phi) is 2.76. The van der Waals surface area contributed by atoms with Crippen molar-refractivity contribution in [3.63, 3.8) is 0 Å². The number of hydrogen-bond acceptors (Lipinski definition) is 5. The number of aliphatic hydroxyl groups is 1. The summed E-state index contributed by atoms with van der Waals surface area (Å²) in [7, 11) is 0. The molecule has 0 bridgehead atoms. The average molecular weight is 303 g/mol. The fourth-order valence-corrected chi connectivity index (χ4v) is 3.69. The Bertz CT molecular complexity index is 635. The fraction of sp³-hybridized carbons (Fsp3) is 0.500. The number of imide groups is 1. The maximum atomic E-state index is 12.6. The van der Waals surface area contributed by atoms with E-state index in [0.717, 1.165) is 0 Å². The predicted molar refractivity (Wildman–Crippen MR) is 75.2 cm³/mol. The predicted octanol–water partition coefficient (Wildman–Crippen LogP) is 0.936. The molecule has 1 aliphatic carbocycles. The molecule has 1 unspecified atom stereocenters. The highest BCUT2D eigenvalue weighted by atomic mass is 16.8. The van der Waals surface area contributed by atoms with Crippen LogP contribution < -0.4 is 0 Å². The number of carbonyl (C=O) groups is 2. The van der Waals surface area contributed by atoms with Gasteiger partial charge in [-0.1, -0.05) is 12.1 Å². The smallest absolute Gasteiger partial charge is 0.261 e. The van der Waals surface area contributed by atoms with Gasteiger partial charge in [0.2, 0.25) is 0 Å². The van der Waals surface area contributed by atoms with Crippen molar-refractivity contribution in [3.05, 3.63) is 35.4 Å². The van der Waals surface area contributed by atoms with E-state index in [1.165, 1.54) is 4.90 Å². The molecule has 3 aliphatic rings. The van der Waals surface area contributed by atoms with Crippen molar-refractivity contribution < 1.29 is 24.2 Å². The SMILES string of the molecule is CC1(C)O[C@@H]2[C@H](O1)C(O)C[C@H]2N1C(=O)c2ccccc2C1=O. The van der Waals surface area contributed by atoms with Crippen LogP contribution in [0.5, 0.6) is 0 Å². The van der Waals surface area contributed by atoms with Gasteiger partial charge in [-0.2, -0.15) is 0 Å². The maximum absolute atomic E-state index is 12.6. The summed E-state index contributed by atoms with van der Waals surface area (Å²) in [5.41, 5.74) is 0.812. The van der Waals surface area contributed by atoms with Crippen molar-refractivity contribution in [3.8, 4) is 0 Å². The molecule has 1 saturated heterocycles. The third-order valence-corrected chi connectivity index (χ3v) is 4.56. The minimum atomic E-state index is -0.826. The maximum Gasteiger partial charge on any atom is 0.261 e. The summed E-state index contributed by atoms with van der Waals surface area (Å²) in [6, 6.07) is 6.26. The van der Waals surface area contributed by atoms with Crippen LogP contribution in [-0.4, -0.2) is 52.0 Å². The van der Waals surface area contributed by atoms with Crippen molar-refractivity contribution in [1.29, 1.82) is 0 Å². The van der Waals surface area contributed by atoms with Gasteiger partial charge in [0.25, 0.3) is 11.8 Å². The number of ether oxygens (including phenoxy) is 2. The molecule has 22 heavy (non-hydrogen) atoms. The largest absolute Gasteiger partial charge is 0.390 e. The van der Waals surface area contributed by atoms with E-state index in [0.29, 0.717) is 11.1 Å². The standard InChI is InChI=1S/C16H17NO5/c1-16(2)21-12-10(7-11(18)13(12)22-16)17-14(19)8-5-3-4-6-9(8)15(17)20/h3-6,10-13,18H,7H2,1-2H3/t10-,11?,12+,13-/m1/s1. The van der Waals surface area contributed by atoms with Crippen molar-refractivity contribution in [2.45, 2.75) is 50.4 Å². The molecule has 1 saturated carbocycles. The first-order valence-electron chi connectivity index (χ1n) is 7.40. The van der Waals surface area contributed by atoms with Crippen molar-refractivity contribution in [1.82, 2.24) is 4.90 Å². The Labute approximate surface area is 127 Å². The number of nitrogens with zero attached hydrogens (tertiary/aromatic N) is 1. The highest BCUT2D eigenvalue weighted by molar-refractivity contribution is 6.21. The molecule has 1 aromatic rings. The molecule has 4 atom stereocenters. The Morgan fingerprint density at radius 1 is 1.09 bits per heavy atom. The minimum absolute atomic E-state index is 0.275. The number of aliphatic hydroxyl groups excluding tert-OH is 1. The Morgan fingerprint density at radius 2 is 1.64 bits per heavy atom.